The Morgan fingerprint density at radius 3 is 1.73 bits per heavy atom. The first-order chi connectivity index (χ1) is 27.3. The summed E-state index contributed by atoms with van der Waals surface area (Å²) < 4.78 is 5.06. The normalized spacial score (nSPS) is 11.6. The van der Waals surface area contributed by atoms with E-state index in [1.807, 2.05) is 11.3 Å². The highest BCUT2D eigenvalue weighted by Crippen LogP contribution is 2.44. The molecule has 0 saturated carbocycles. The summed E-state index contributed by atoms with van der Waals surface area (Å²) in [5.74, 6) is 0. The molecule has 0 atom stereocenters. The molecule has 0 spiro atoms. The van der Waals surface area contributed by atoms with E-state index in [9.17, 15) is 0 Å². The molecule has 11 rings (SSSR count). The molecule has 2 nitrogen and oxygen atoms in total. The van der Waals surface area contributed by atoms with Crippen LogP contribution in [0.2, 0.25) is 0 Å². The van der Waals surface area contributed by atoms with E-state index >= 15 is 0 Å². The van der Waals surface area contributed by atoms with Crippen LogP contribution in [0.3, 0.4) is 0 Å². The minimum atomic E-state index is 1.11. The van der Waals surface area contributed by atoms with Crippen LogP contribution in [0.1, 0.15) is 0 Å². The van der Waals surface area contributed by atoms with Gasteiger partial charge in [0.15, 0.2) is 0 Å². The maximum atomic E-state index is 2.42. The number of hydrogen-bond donors (Lipinski definition) is 0. The summed E-state index contributed by atoms with van der Waals surface area (Å²) in [7, 11) is 0. The number of nitrogens with zero attached hydrogens (tertiary/aromatic N) is 2. The lowest BCUT2D eigenvalue weighted by Crippen LogP contribution is -2.10. The Labute approximate surface area is 323 Å². The van der Waals surface area contributed by atoms with Crippen molar-refractivity contribution in [2.75, 3.05) is 4.90 Å². The van der Waals surface area contributed by atoms with Crippen molar-refractivity contribution >= 4 is 81.1 Å². The van der Waals surface area contributed by atoms with Crippen molar-refractivity contribution in [3.8, 4) is 27.9 Å². The Hall–Kier alpha value is -6.94. The molecule has 0 radical (unpaired) electrons. The number of para-hydroxylation sites is 1. The summed E-state index contributed by atoms with van der Waals surface area (Å²) >= 11 is 1.86. The fourth-order valence-electron chi connectivity index (χ4n) is 8.35. The minimum Gasteiger partial charge on any atom is -0.310 e. The second-order valence-electron chi connectivity index (χ2n) is 14.2. The van der Waals surface area contributed by atoms with Crippen molar-refractivity contribution in [3.05, 3.63) is 206 Å². The van der Waals surface area contributed by atoms with Crippen molar-refractivity contribution in [1.29, 1.82) is 0 Å². The zero-order valence-electron chi connectivity index (χ0n) is 29.9. The predicted octanol–water partition coefficient (Wildman–Crippen LogP) is 15.1. The van der Waals surface area contributed by atoms with Gasteiger partial charge in [0, 0.05) is 53.4 Å². The van der Waals surface area contributed by atoms with Crippen LogP contribution in [0.25, 0.3) is 80.7 Å². The molecule has 0 fully saturated rings. The first-order valence-electron chi connectivity index (χ1n) is 18.8. The Morgan fingerprint density at radius 2 is 0.909 bits per heavy atom. The number of aromatic nitrogens is 1. The summed E-state index contributed by atoms with van der Waals surface area (Å²) in [6.07, 6.45) is 0. The van der Waals surface area contributed by atoms with E-state index in [0.717, 1.165) is 22.7 Å². The Balaban J connectivity index is 1.13. The van der Waals surface area contributed by atoms with E-state index in [0.29, 0.717) is 0 Å². The standard InChI is InChI=1S/C52H34N2S/c1-3-12-35(13-4-1)36-22-26-41(27-23-36)53(48-20-11-15-37-14-7-8-18-43(37)48)42-28-30-50-46(34-42)45-32-38(24-29-49(45)54(50)40-16-5-2-6-17-40)39-25-31-52-47(33-39)44-19-9-10-21-51(44)55-52/h1-34H. The molecule has 0 N–H and O–H groups in total. The van der Waals surface area contributed by atoms with Crippen LogP contribution in [0.15, 0.2) is 206 Å². The van der Waals surface area contributed by atoms with Gasteiger partial charge in [-0.25, -0.2) is 0 Å². The molecule has 11 aromatic rings. The number of thiophene rings is 1. The van der Waals surface area contributed by atoms with Crippen molar-refractivity contribution in [2.24, 2.45) is 0 Å². The van der Waals surface area contributed by atoms with E-state index < -0.39 is 0 Å². The molecule has 0 aliphatic heterocycles. The third kappa shape index (κ3) is 5.32. The molecular formula is C52H34N2S. The smallest absolute Gasteiger partial charge is 0.0542 e. The van der Waals surface area contributed by atoms with Crippen LogP contribution in [-0.2, 0) is 0 Å². The van der Waals surface area contributed by atoms with Crippen molar-refractivity contribution in [1.82, 2.24) is 4.57 Å². The molecule has 2 heterocycles. The maximum absolute atomic E-state index is 2.42. The average Bonchev–Trinajstić information content (AvgIpc) is 3.79. The SMILES string of the molecule is c1ccc(-c2ccc(N(c3ccc4c(c3)c3cc(-c5ccc6sc7ccccc7c6c5)ccc3n4-c3ccccc3)c3cccc4ccccc34)cc2)cc1. The molecular weight excluding hydrogens is 685 g/mol. The molecule has 0 aliphatic carbocycles. The summed E-state index contributed by atoms with van der Waals surface area (Å²) in [5.41, 5.74) is 11.7. The first-order valence-corrected chi connectivity index (χ1v) is 19.6. The van der Waals surface area contributed by atoms with Gasteiger partial charge in [-0.2, -0.15) is 0 Å². The quantitative estimate of drug-likeness (QED) is 0.166. The highest BCUT2D eigenvalue weighted by Gasteiger charge is 2.20. The topological polar surface area (TPSA) is 8.17 Å². The van der Waals surface area contributed by atoms with Gasteiger partial charge in [-0.05, 0) is 107 Å². The summed E-state index contributed by atoms with van der Waals surface area (Å²) in [5, 5.41) is 7.50. The van der Waals surface area contributed by atoms with Gasteiger partial charge in [-0.3, -0.25) is 0 Å². The molecule has 0 amide bonds. The Bertz CT molecular complexity index is 3190. The van der Waals surface area contributed by atoms with Crippen LogP contribution in [-0.4, -0.2) is 4.57 Å². The van der Waals surface area contributed by atoms with Crippen LogP contribution in [0.5, 0.6) is 0 Å². The molecule has 258 valence electrons. The van der Waals surface area contributed by atoms with Crippen LogP contribution >= 0.6 is 11.3 Å². The number of fused-ring (bicyclic) bond motifs is 7. The Morgan fingerprint density at radius 1 is 0.345 bits per heavy atom. The summed E-state index contributed by atoms with van der Waals surface area (Å²) in [6.45, 7) is 0. The number of rotatable bonds is 6. The van der Waals surface area contributed by atoms with Gasteiger partial charge in [0.05, 0.1) is 16.7 Å². The van der Waals surface area contributed by atoms with Gasteiger partial charge >= 0.3 is 0 Å². The van der Waals surface area contributed by atoms with Gasteiger partial charge in [-0.1, -0.05) is 127 Å². The molecule has 0 bridgehead atoms. The predicted molar refractivity (Wildman–Crippen MR) is 237 cm³/mol. The fourth-order valence-corrected chi connectivity index (χ4v) is 9.44. The second-order valence-corrected chi connectivity index (χ2v) is 15.2. The zero-order valence-corrected chi connectivity index (χ0v) is 30.7. The molecule has 55 heavy (non-hydrogen) atoms. The summed E-state index contributed by atoms with van der Waals surface area (Å²) in [6, 6.07) is 75.3. The minimum absolute atomic E-state index is 1.11. The van der Waals surface area contributed by atoms with Crippen LogP contribution in [0.4, 0.5) is 17.1 Å². The van der Waals surface area contributed by atoms with Gasteiger partial charge in [0.2, 0.25) is 0 Å². The molecule has 0 aliphatic rings. The lowest BCUT2D eigenvalue weighted by atomic mass is 10.0. The van der Waals surface area contributed by atoms with Crippen molar-refractivity contribution in [2.45, 2.75) is 0 Å². The Kier molecular flexibility index (Phi) is 7.39. The lowest BCUT2D eigenvalue weighted by Gasteiger charge is -2.27. The molecule has 0 saturated heterocycles. The van der Waals surface area contributed by atoms with Gasteiger partial charge < -0.3 is 9.47 Å². The van der Waals surface area contributed by atoms with Crippen molar-refractivity contribution < 1.29 is 0 Å². The first kappa shape index (κ1) is 31.6. The second kappa shape index (κ2) is 12.9. The average molecular weight is 719 g/mol. The van der Waals surface area contributed by atoms with Crippen molar-refractivity contribution in [3.63, 3.8) is 0 Å². The number of benzene rings is 9. The van der Waals surface area contributed by atoms with E-state index in [2.05, 4.69) is 216 Å². The molecule has 9 aromatic carbocycles. The zero-order chi connectivity index (χ0) is 36.3. The molecule has 2 aromatic heterocycles. The fraction of sp³-hybridized carbons (Fsp3) is 0. The van der Waals surface area contributed by atoms with E-state index in [1.165, 1.54) is 75.0 Å². The van der Waals surface area contributed by atoms with Crippen LogP contribution < -0.4 is 4.90 Å². The monoisotopic (exact) mass is 718 g/mol. The maximum Gasteiger partial charge on any atom is 0.0542 e. The third-order valence-electron chi connectivity index (χ3n) is 11.0. The highest BCUT2D eigenvalue weighted by atomic mass is 32.1. The van der Waals surface area contributed by atoms with E-state index in [-0.39, 0.29) is 0 Å². The number of hydrogen-bond acceptors (Lipinski definition) is 2. The largest absolute Gasteiger partial charge is 0.310 e. The van der Waals surface area contributed by atoms with Crippen LogP contribution in [0, 0.1) is 0 Å². The number of anilines is 3. The molecule has 0 unspecified atom stereocenters. The molecule has 3 heteroatoms. The van der Waals surface area contributed by atoms with Gasteiger partial charge in [0.25, 0.3) is 0 Å². The van der Waals surface area contributed by atoms with E-state index in [1.54, 1.807) is 0 Å². The van der Waals surface area contributed by atoms with Gasteiger partial charge in [0.1, 0.15) is 0 Å². The highest BCUT2D eigenvalue weighted by molar-refractivity contribution is 7.25. The third-order valence-corrected chi connectivity index (χ3v) is 12.1. The van der Waals surface area contributed by atoms with Gasteiger partial charge in [-0.15, -0.1) is 11.3 Å². The lowest BCUT2D eigenvalue weighted by molar-refractivity contribution is 1.18. The van der Waals surface area contributed by atoms with E-state index in [4.69, 9.17) is 0 Å². The summed E-state index contributed by atoms with van der Waals surface area (Å²) in [4.78, 5) is 2.42.